The Bertz CT molecular complexity index is 843. The van der Waals surface area contributed by atoms with Crippen molar-refractivity contribution in [3.05, 3.63) is 53.5 Å². The van der Waals surface area contributed by atoms with Gasteiger partial charge in [0.1, 0.15) is 5.69 Å². The van der Waals surface area contributed by atoms with Crippen LogP contribution in [0.4, 0.5) is 27.6 Å². The number of nitrogen functional groups attached to an aromatic ring is 1. The van der Waals surface area contributed by atoms with Crippen molar-refractivity contribution in [3.8, 4) is 5.69 Å². The zero-order valence-corrected chi connectivity index (χ0v) is 10.2. The summed E-state index contributed by atoms with van der Waals surface area (Å²) in [6.45, 7) is 0. The molecular weight excluding hydrogens is 293 g/mol. The van der Waals surface area contributed by atoms with Crippen molar-refractivity contribution in [2.24, 2.45) is 0 Å². The molecule has 108 valence electrons. The van der Waals surface area contributed by atoms with E-state index in [-0.39, 0.29) is 11.2 Å². The van der Waals surface area contributed by atoms with Crippen molar-refractivity contribution >= 4 is 16.6 Å². The van der Waals surface area contributed by atoms with Crippen LogP contribution in [-0.4, -0.2) is 9.78 Å². The monoisotopic (exact) mass is 299 g/mol. The molecule has 21 heavy (non-hydrogen) atoms. The summed E-state index contributed by atoms with van der Waals surface area (Å²) in [7, 11) is 0. The van der Waals surface area contributed by atoms with Crippen molar-refractivity contribution in [3.63, 3.8) is 0 Å². The number of nitrogens with zero attached hydrogens (tertiary/aromatic N) is 2. The fraction of sp³-hybridized carbons (Fsp3) is 0. The second-order valence-corrected chi connectivity index (χ2v) is 4.29. The molecule has 0 fully saturated rings. The van der Waals surface area contributed by atoms with Gasteiger partial charge in [-0.15, -0.1) is 0 Å². The lowest BCUT2D eigenvalue weighted by atomic mass is 10.2. The summed E-state index contributed by atoms with van der Waals surface area (Å²) < 4.78 is 67.7. The topological polar surface area (TPSA) is 43.8 Å². The van der Waals surface area contributed by atoms with Crippen LogP contribution < -0.4 is 5.73 Å². The lowest BCUT2D eigenvalue weighted by Gasteiger charge is -2.09. The minimum atomic E-state index is -2.22. The van der Waals surface area contributed by atoms with E-state index in [0.29, 0.717) is 10.1 Å². The molecule has 0 spiro atoms. The first-order valence-electron chi connectivity index (χ1n) is 5.67. The summed E-state index contributed by atoms with van der Waals surface area (Å²) in [5.41, 5.74) is 4.79. The predicted molar refractivity (Wildman–Crippen MR) is 65.3 cm³/mol. The molecule has 0 amide bonds. The van der Waals surface area contributed by atoms with Gasteiger partial charge in [-0.1, -0.05) is 0 Å². The number of fused-ring (bicyclic) bond motifs is 1. The van der Waals surface area contributed by atoms with Crippen LogP contribution in [0.25, 0.3) is 16.6 Å². The molecule has 3 aromatic rings. The van der Waals surface area contributed by atoms with Crippen molar-refractivity contribution in [1.82, 2.24) is 9.78 Å². The highest BCUT2D eigenvalue weighted by Crippen LogP contribution is 2.28. The number of aromatic nitrogens is 2. The summed E-state index contributed by atoms with van der Waals surface area (Å²) in [6, 6.07) is 4.35. The molecule has 1 heterocycles. The Balaban J connectivity index is 2.41. The van der Waals surface area contributed by atoms with Crippen LogP contribution >= 0.6 is 0 Å². The second kappa shape index (κ2) is 4.44. The number of hydrogen-bond acceptors (Lipinski definition) is 2. The molecule has 8 heteroatoms. The highest BCUT2D eigenvalue weighted by atomic mass is 19.2. The molecular formula is C13H6F5N3. The summed E-state index contributed by atoms with van der Waals surface area (Å²) in [5, 5.41) is 4.10. The highest BCUT2D eigenvalue weighted by molar-refractivity contribution is 5.83. The molecule has 0 aliphatic heterocycles. The number of nitrogens with two attached hydrogens (primary N) is 1. The first-order valence-corrected chi connectivity index (χ1v) is 5.67. The molecule has 0 aliphatic carbocycles. The van der Waals surface area contributed by atoms with E-state index in [1.54, 1.807) is 0 Å². The summed E-state index contributed by atoms with van der Waals surface area (Å²) in [4.78, 5) is 0. The first kappa shape index (κ1) is 13.3. The molecule has 0 saturated heterocycles. The summed E-state index contributed by atoms with van der Waals surface area (Å²) in [5.74, 6) is -10.2. The maximum atomic E-state index is 13.8. The molecule has 1 aromatic heterocycles. The molecule has 3 nitrogen and oxygen atoms in total. The Labute approximate surface area is 114 Å². The van der Waals surface area contributed by atoms with Crippen molar-refractivity contribution in [1.29, 1.82) is 0 Å². The molecule has 0 aliphatic rings. The van der Waals surface area contributed by atoms with Crippen molar-refractivity contribution in [2.75, 3.05) is 5.73 Å². The fourth-order valence-electron chi connectivity index (χ4n) is 1.99. The Hall–Kier alpha value is -2.64. The number of anilines is 1. The molecule has 0 unspecified atom stereocenters. The van der Waals surface area contributed by atoms with Gasteiger partial charge in [0, 0.05) is 11.1 Å². The largest absolute Gasteiger partial charge is 0.399 e. The standard InChI is InChI=1S/C13H6F5N3/c14-8-9(15)11(17)13(12(18)10(8)16)21-7-3-6(19)2-1-5(7)4-20-21/h1-4H,19H2. The van der Waals surface area contributed by atoms with Crippen LogP contribution in [-0.2, 0) is 0 Å². The van der Waals surface area contributed by atoms with Crippen LogP contribution in [0.1, 0.15) is 0 Å². The van der Waals surface area contributed by atoms with E-state index in [4.69, 9.17) is 5.73 Å². The minimum Gasteiger partial charge on any atom is -0.399 e. The number of benzene rings is 2. The van der Waals surface area contributed by atoms with E-state index in [1.165, 1.54) is 24.4 Å². The maximum absolute atomic E-state index is 13.8. The smallest absolute Gasteiger partial charge is 0.200 e. The average molecular weight is 299 g/mol. The van der Waals surface area contributed by atoms with Crippen LogP contribution in [0.3, 0.4) is 0 Å². The third-order valence-electron chi connectivity index (χ3n) is 2.99. The minimum absolute atomic E-state index is 0.123. The first-order chi connectivity index (χ1) is 9.91. The third kappa shape index (κ3) is 1.83. The van der Waals surface area contributed by atoms with E-state index in [9.17, 15) is 22.0 Å². The van der Waals surface area contributed by atoms with Gasteiger partial charge in [0.25, 0.3) is 0 Å². The van der Waals surface area contributed by atoms with Crippen molar-refractivity contribution < 1.29 is 22.0 Å². The van der Waals surface area contributed by atoms with Gasteiger partial charge in [-0.05, 0) is 18.2 Å². The Morgan fingerprint density at radius 1 is 0.857 bits per heavy atom. The Morgan fingerprint density at radius 3 is 2.05 bits per heavy atom. The molecule has 0 radical (unpaired) electrons. The van der Waals surface area contributed by atoms with Gasteiger partial charge in [0.05, 0.1) is 11.7 Å². The zero-order valence-electron chi connectivity index (χ0n) is 10.2. The van der Waals surface area contributed by atoms with Crippen LogP contribution in [0.15, 0.2) is 24.4 Å². The Morgan fingerprint density at radius 2 is 1.43 bits per heavy atom. The fourth-order valence-corrected chi connectivity index (χ4v) is 1.99. The zero-order chi connectivity index (χ0) is 15.3. The molecule has 3 rings (SSSR count). The highest BCUT2D eigenvalue weighted by Gasteiger charge is 2.28. The molecule has 2 N–H and O–H groups in total. The number of halogens is 5. The SMILES string of the molecule is Nc1ccc2cnn(-c3c(F)c(F)c(F)c(F)c3F)c2c1. The lowest BCUT2D eigenvalue weighted by Crippen LogP contribution is -2.10. The molecule has 0 saturated carbocycles. The molecule has 0 bridgehead atoms. The van der Waals surface area contributed by atoms with Crippen LogP contribution in [0.2, 0.25) is 0 Å². The summed E-state index contributed by atoms with van der Waals surface area (Å²) in [6.07, 6.45) is 1.23. The number of rotatable bonds is 1. The van der Waals surface area contributed by atoms with E-state index in [0.717, 1.165) is 0 Å². The molecule has 2 aromatic carbocycles. The van der Waals surface area contributed by atoms with Gasteiger partial charge in [0.2, 0.25) is 5.82 Å². The summed E-state index contributed by atoms with van der Waals surface area (Å²) >= 11 is 0. The van der Waals surface area contributed by atoms with Gasteiger partial charge in [-0.25, -0.2) is 26.6 Å². The van der Waals surface area contributed by atoms with Crippen LogP contribution in [0, 0.1) is 29.1 Å². The van der Waals surface area contributed by atoms with Gasteiger partial charge in [-0.2, -0.15) is 5.10 Å². The number of hydrogen-bond donors (Lipinski definition) is 1. The predicted octanol–water partition coefficient (Wildman–Crippen LogP) is 3.30. The second-order valence-electron chi connectivity index (χ2n) is 4.29. The molecule has 0 atom stereocenters. The third-order valence-corrected chi connectivity index (χ3v) is 2.99. The van der Waals surface area contributed by atoms with E-state index in [1.807, 2.05) is 0 Å². The van der Waals surface area contributed by atoms with E-state index < -0.39 is 34.8 Å². The Kier molecular flexibility index (Phi) is 2.82. The maximum Gasteiger partial charge on any atom is 0.200 e. The van der Waals surface area contributed by atoms with Crippen LogP contribution in [0.5, 0.6) is 0 Å². The van der Waals surface area contributed by atoms with Gasteiger partial charge in [0.15, 0.2) is 23.3 Å². The van der Waals surface area contributed by atoms with Gasteiger partial charge in [-0.3, -0.25) is 0 Å². The normalized spacial score (nSPS) is 11.3. The van der Waals surface area contributed by atoms with Crippen molar-refractivity contribution in [2.45, 2.75) is 0 Å². The quantitative estimate of drug-likeness (QED) is 0.324. The lowest BCUT2D eigenvalue weighted by molar-refractivity contribution is 0.374. The van der Waals surface area contributed by atoms with E-state index in [2.05, 4.69) is 5.10 Å². The van der Waals surface area contributed by atoms with Gasteiger partial charge >= 0.3 is 0 Å². The van der Waals surface area contributed by atoms with E-state index >= 15 is 0 Å². The average Bonchev–Trinajstić information content (AvgIpc) is 2.86. The van der Waals surface area contributed by atoms with Gasteiger partial charge < -0.3 is 5.73 Å².